The van der Waals surface area contributed by atoms with E-state index in [0.29, 0.717) is 15.1 Å². The maximum absolute atomic E-state index is 14.4. The molecule has 0 fully saturated rings. The Morgan fingerprint density at radius 1 is 1.19 bits per heavy atom. The van der Waals surface area contributed by atoms with Crippen molar-refractivity contribution in [2.24, 2.45) is 0 Å². The van der Waals surface area contributed by atoms with Crippen LogP contribution in [0.15, 0.2) is 39.3 Å². The molecule has 21 heavy (non-hydrogen) atoms. The van der Waals surface area contributed by atoms with Crippen LogP contribution in [0.4, 0.5) is 4.39 Å². The van der Waals surface area contributed by atoms with Crippen LogP contribution in [0.5, 0.6) is 0 Å². The number of hydrogen-bond acceptors (Lipinski definition) is 1. The molecular weight excluding hydrogens is 420 g/mol. The largest absolute Gasteiger partial charge is 0.306 e. The lowest BCUT2D eigenvalue weighted by molar-refractivity contribution is 0.557. The summed E-state index contributed by atoms with van der Waals surface area (Å²) in [5, 5.41) is 3.84. The molecule has 1 N–H and O–H groups in total. The van der Waals surface area contributed by atoms with Crippen molar-refractivity contribution >= 4 is 43.5 Å². The van der Waals surface area contributed by atoms with E-state index in [1.165, 1.54) is 6.07 Å². The molecule has 2 aromatic rings. The molecule has 0 aliphatic rings. The SMILES string of the molecule is CCNC(c1ccc(Br)cc1C)c1cc(Cl)c(Br)cc1F. The zero-order valence-corrected chi connectivity index (χ0v) is 15.6. The molecule has 0 saturated heterocycles. The Morgan fingerprint density at radius 2 is 1.90 bits per heavy atom. The second kappa shape index (κ2) is 7.23. The minimum atomic E-state index is -0.278. The number of benzene rings is 2. The molecular formula is C16H15Br2ClFN. The lowest BCUT2D eigenvalue weighted by Crippen LogP contribution is -2.23. The zero-order valence-electron chi connectivity index (χ0n) is 11.7. The first-order valence-corrected chi connectivity index (χ1v) is 8.54. The van der Waals surface area contributed by atoms with Crippen molar-refractivity contribution in [2.75, 3.05) is 6.54 Å². The second-order valence-electron chi connectivity index (χ2n) is 4.78. The summed E-state index contributed by atoms with van der Waals surface area (Å²) in [5.74, 6) is -0.278. The second-order valence-corrected chi connectivity index (χ2v) is 6.96. The van der Waals surface area contributed by atoms with Gasteiger partial charge >= 0.3 is 0 Å². The maximum Gasteiger partial charge on any atom is 0.129 e. The number of aryl methyl sites for hydroxylation is 1. The molecule has 0 aromatic heterocycles. The zero-order chi connectivity index (χ0) is 15.6. The molecule has 0 bridgehead atoms. The number of rotatable bonds is 4. The molecule has 0 saturated carbocycles. The van der Waals surface area contributed by atoms with Crippen molar-refractivity contribution in [2.45, 2.75) is 19.9 Å². The lowest BCUT2D eigenvalue weighted by atomic mass is 9.94. The van der Waals surface area contributed by atoms with E-state index in [4.69, 9.17) is 11.6 Å². The van der Waals surface area contributed by atoms with Gasteiger partial charge in [-0.15, -0.1) is 0 Å². The summed E-state index contributed by atoms with van der Waals surface area (Å²) in [7, 11) is 0. The lowest BCUT2D eigenvalue weighted by Gasteiger charge is -2.22. The molecule has 1 atom stereocenters. The third-order valence-electron chi connectivity index (χ3n) is 3.30. The summed E-state index contributed by atoms with van der Waals surface area (Å²) < 4.78 is 15.9. The van der Waals surface area contributed by atoms with Crippen molar-refractivity contribution in [1.82, 2.24) is 5.32 Å². The molecule has 0 amide bonds. The van der Waals surface area contributed by atoms with E-state index < -0.39 is 0 Å². The molecule has 5 heteroatoms. The highest BCUT2D eigenvalue weighted by atomic mass is 79.9. The predicted octanol–water partition coefficient (Wildman–Crippen LogP) is 6.01. The molecule has 0 spiro atoms. The van der Waals surface area contributed by atoms with Crippen LogP contribution in [0.3, 0.4) is 0 Å². The molecule has 1 nitrogen and oxygen atoms in total. The Hall–Kier alpha value is -0.420. The molecule has 0 heterocycles. The maximum atomic E-state index is 14.4. The fourth-order valence-corrected chi connectivity index (χ4v) is 3.28. The van der Waals surface area contributed by atoms with Gasteiger partial charge in [0.1, 0.15) is 5.82 Å². The van der Waals surface area contributed by atoms with Gasteiger partial charge in [0.15, 0.2) is 0 Å². The van der Waals surface area contributed by atoms with Gasteiger partial charge in [0, 0.05) is 14.5 Å². The van der Waals surface area contributed by atoms with Gasteiger partial charge in [-0.05, 0) is 64.8 Å². The van der Waals surface area contributed by atoms with Crippen LogP contribution >= 0.6 is 43.5 Å². The fraction of sp³-hybridized carbons (Fsp3) is 0.250. The van der Waals surface area contributed by atoms with Crippen molar-refractivity contribution in [1.29, 1.82) is 0 Å². The Bertz CT molecular complexity index is 661. The first-order chi connectivity index (χ1) is 9.93. The van der Waals surface area contributed by atoms with Crippen molar-refractivity contribution < 1.29 is 4.39 Å². The molecule has 0 radical (unpaired) electrons. The van der Waals surface area contributed by atoms with Gasteiger partial charge in [-0.3, -0.25) is 0 Å². The Balaban J connectivity index is 2.55. The van der Waals surface area contributed by atoms with Crippen molar-refractivity contribution in [3.63, 3.8) is 0 Å². The van der Waals surface area contributed by atoms with Gasteiger partial charge in [-0.2, -0.15) is 0 Å². The van der Waals surface area contributed by atoms with Crippen LogP contribution in [0, 0.1) is 12.7 Å². The first kappa shape index (κ1) is 16.9. The van der Waals surface area contributed by atoms with E-state index in [2.05, 4.69) is 37.2 Å². The highest BCUT2D eigenvalue weighted by molar-refractivity contribution is 9.10. The van der Waals surface area contributed by atoms with Crippen LogP contribution in [0.25, 0.3) is 0 Å². The van der Waals surface area contributed by atoms with Crippen LogP contribution in [-0.4, -0.2) is 6.54 Å². The summed E-state index contributed by atoms with van der Waals surface area (Å²) in [6, 6.07) is 8.85. The highest BCUT2D eigenvalue weighted by Gasteiger charge is 2.20. The smallest absolute Gasteiger partial charge is 0.129 e. The summed E-state index contributed by atoms with van der Waals surface area (Å²) in [6.45, 7) is 4.75. The third kappa shape index (κ3) is 3.86. The van der Waals surface area contributed by atoms with Crippen LogP contribution in [-0.2, 0) is 0 Å². The van der Waals surface area contributed by atoms with E-state index in [9.17, 15) is 4.39 Å². The Morgan fingerprint density at radius 3 is 2.52 bits per heavy atom. The minimum Gasteiger partial charge on any atom is -0.306 e. The molecule has 2 aromatic carbocycles. The van der Waals surface area contributed by atoms with Gasteiger partial charge in [-0.1, -0.05) is 40.5 Å². The van der Waals surface area contributed by atoms with Crippen LogP contribution in [0.1, 0.15) is 29.7 Å². The summed E-state index contributed by atoms with van der Waals surface area (Å²) in [6.07, 6.45) is 0. The van der Waals surface area contributed by atoms with Gasteiger partial charge in [0.25, 0.3) is 0 Å². The standard InChI is InChI=1S/C16H15Br2ClFN/c1-3-21-16(11-5-4-10(17)6-9(11)2)12-7-14(19)13(18)8-15(12)20/h4-8,16,21H,3H2,1-2H3. The van der Waals surface area contributed by atoms with E-state index in [-0.39, 0.29) is 11.9 Å². The average Bonchev–Trinajstić information content (AvgIpc) is 2.41. The molecule has 1 unspecified atom stereocenters. The highest BCUT2D eigenvalue weighted by Crippen LogP contribution is 2.33. The third-order valence-corrected chi connectivity index (χ3v) is 4.99. The summed E-state index contributed by atoms with van der Waals surface area (Å²) >= 11 is 12.8. The monoisotopic (exact) mass is 433 g/mol. The fourth-order valence-electron chi connectivity index (χ4n) is 2.31. The topological polar surface area (TPSA) is 12.0 Å². The number of hydrogen-bond donors (Lipinski definition) is 1. The minimum absolute atomic E-state index is 0.228. The van der Waals surface area contributed by atoms with E-state index >= 15 is 0 Å². The van der Waals surface area contributed by atoms with Gasteiger partial charge in [-0.25, -0.2) is 4.39 Å². The van der Waals surface area contributed by atoms with Gasteiger partial charge in [0.05, 0.1) is 11.1 Å². The van der Waals surface area contributed by atoms with E-state index in [1.54, 1.807) is 6.07 Å². The summed E-state index contributed by atoms with van der Waals surface area (Å²) in [5.41, 5.74) is 2.68. The number of halogens is 4. The molecule has 0 aliphatic carbocycles. The first-order valence-electron chi connectivity index (χ1n) is 6.58. The normalized spacial score (nSPS) is 12.5. The Kier molecular flexibility index (Phi) is 5.83. The predicted molar refractivity (Wildman–Crippen MR) is 93.5 cm³/mol. The van der Waals surface area contributed by atoms with Gasteiger partial charge in [0.2, 0.25) is 0 Å². The quantitative estimate of drug-likeness (QED) is 0.580. The molecule has 2 rings (SSSR count). The molecule has 0 aliphatic heterocycles. The van der Waals surface area contributed by atoms with Crippen LogP contribution < -0.4 is 5.32 Å². The van der Waals surface area contributed by atoms with Crippen LogP contribution in [0.2, 0.25) is 5.02 Å². The average molecular weight is 436 g/mol. The van der Waals surface area contributed by atoms with E-state index in [0.717, 1.165) is 22.1 Å². The molecule has 112 valence electrons. The van der Waals surface area contributed by atoms with Crippen molar-refractivity contribution in [3.05, 3.63) is 66.8 Å². The van der Waals surface area contributed by atoms with E-state index in [1.807, 2.05) is 32.0 Å². The Labute approximate surface area is 146 Å². The van der Waals surface area contributed by atoms with Gasteiger partial charge < -0.3 is 5.32 Å². The van der Waals surface area contributed by atoms with Crippen molar-refractivity contribution in [3.8, 4) is 0 Å². The number of nitrogens with one attached hydrogen (secondary N) is 1. The summed E-state index contributed by atoms with van der Waals surface area (Å²) in [4.78, 5) is 0.